The molecule has 1 aliphatic heterocycles. The van der Waals surface area contributed by atoms with E-state index < -0.39 is 0 Å². The molecule has 0 aliphatic carbocycles. The number of nitrogens with zero attached hydrogens (tertiary/aromatic N) is 1. The van der Waals surface area contributed by atoms with Crippen molar-refractivity contribution in [2.75, 3.05) is 18.1 Å². The van der Waals surface area contributed by atoms with Gasteiger partial charge in [0.1, 0.15) is 0 Å². The molecule has 20 heavy (non-hydrogen) atoms. The van der Waals surface area contributed by atoms with Gasteiger partial charge in [-0.15, -0.1) is 0 Å². The number of aliphatic hydroxyl groups is 1. The first-order valence-electron chi connectivity index (χ1n) is 6.84. The minimum Gasteiger partial charge on any atom is -0.396 e. The van der Waals surface area contributed by atoms with E-state index in [1.807, 2.05) is 42.5 Å². The second-order valence-electron chi connectivity index (χ2n) is 5.17. The summed E-state index contributed by atoms with van der Waals surface area (Å²) in [7, 11) is 0. The largest absolute Gasteiger partial charge is 0.396 e. The SMILES string of the molecule is O=C1CC(CO)CN1c1ccc(-c2ccccc2)cc1. The maximum absolute atomic E-state index is 11.9. The van der Waals surface area contributed by atoms with Crippen molar-refractivity contribution in [3.05, 3.63) is 54.6 Å². The highest BCUT2D eigenvalue weighted by molar-refractivity contribution is 5.96. The monoisotopic (exact) mass is 267 g/mol. The number of anilines is 1. The van der Waals surface area contributed by atoms with Crippen molar-refractivity contribution in [3.8, 4) is 11.1 Å². The zero-order valence-corrected chi connectivity index (χ0v) is 11.2. The van der Waals surface area contributed by atoms with Crippen molar-refractivity contribution in [3.63, 3.8) is 0 Å². The highest BCUT2D eigenvalue weighted by Gasteiger charge is 2.29. The summed E-state index contributed by atoms with van der Waals surface area (Å²) in [4.78, 5) is 13.7. The molecule has 0 saturated carbocycles. The fraction of sp³-hybridized carbons (Fsp3) is 0.235. The molecule has 2 aromatic rings. The Hall–Kier alpha value is -2.13. The summed E-state index contributed by atoms with van der Waals surface area (Å²) in [5, 5.41) is 9.16. The third kappa shape index (κ3) is 2.45. The Bertz CT molecular complexity index is 592. The van der Waals surface area contributed by atoms with Gasteiger partial charge in [0.15, 0.2) is 0 Å². The third-order valence-corrected chi connectivity index (χ3v) is 3.75. The van der Waals surface area contributed by atoms with E-state index in [-0.39, 0.29) is 18.4 Å². The fourth-order valence-electron chi connectivity index (χ4n) is 2.62. The van der Waals surface area contributed by atoms with E-state index in [2.05, 4.69) is 12.1 Å². The predicted octanol–water partition coefficient (Wildman–Crippen LogP) is 2.70. The van der Waals surface area contributed by atoms with E-state index in [9.17, 15) is 4.79 Å². The van der Waals surface area contributed by atoms with Crippen LogP contribution in [-0.4, -0.2) is 24.2 Å². The van der Waals surface area contributed by atoms with Gasteiger partial charge in [0.2, 0.25) is 5.91 Å². The van der Waals surface area contributed by atoms with Gasteiger partial charge in [-0.2, -0.15) is 0 Å². The molecule has 3 heteroatoms. The normalized spacial score (nSPS) is 18.6. The van der Waals surface area contributed by atoms with E-state index in [4.69, 9.17) is 5.11 Å². The third-order valence-electron chi connectivity index (χ3n) is 3.75. The second kappa shape index (κ2) is 5.47. The van der Waals surface area contributed by atoms with Crippen LogP contribution in [-0.2, 0) is 4.79 Å². The number of carbonyl (C=O) groups excluding carboxylic acids is 1. The van der Waals surface area contributed by atoms with Crippen molar-refractivity contribution in [1.29, 1.82) is 0 Å². The molecule has 3 nitrogen and oxygen atoms in total. The molecule has 1 saturated heterocycles. The summed E-state index contributed by atoms with van der Waals surface area (Å²) in [5.74, 6) is 0.160. The lowest BCUT2D eigenvalue weighted by Crippen LogP contribution is -2.24. The van der Waals surface area contributed by atoms with Gasteiger partial charge >= 0.3 is 0 Å². The van der Waals surface area contributed by atoms with E-state index in [1.165, 1.54) is 5.56 Å². The van der Waals surface area contributed by atoms with Crippen LogP contribution in [0.2, 0.25) is 0 Å². The van der Waals surface area contributed by atoms with E-state index >= 15 is 0 Å². The van der Waals surface area contributed by atoms with E-state index in [0.29, 0.717) is 13.0 Å². The molecule has 1 amide bonds. The van der Waals surface area contributed by atoms with Crippen molar-refractivity contribution in [2.45, 2.75) is 6.42 Å². The number of hydrogen-bond donors (Lipinski definition) is 1. The van der Waals surface area contributed by atoms with Crippen LogP contribution in [0.4, 0.5) is 5.69 Å². The molecule has 1 heterocycles. The summed E-state index contributed by atoms with van der Waals surface area (Å²) in [6.45, 7) is 0.685. The smallest absolute Gasteiger partial charge is 0.227 e. The Kier molecular flexibility index (Phi) is 3.52. The van der Waals surface area contributed by atoms with Crippen molar-refractivity contribution in [1.82, 2.24) is 0 Å². The van der Waals surface area contributed by atoms with E-state index in [0.717, 1.165) is 11.3 Å². The maximum Gasteiger partial charge on any atom is 0.227 e. The fourth-order valence-corrected chi connectivity index (χ4v) is 2.62. The molecule has 1 unspecified atom stereocenters. The number of hydrogen-bond acceptors (Lipinski definition) is 2. The van der Waals surface area contributed by atoms with Gasteiger partial charge in [-0.3, -0.25) is 4.79 Å². The quantitative estimate of drug-likeness (QED) is 0.929. The number of carbonyl (C=O) groups is 1. The van der Waals surface area contributed by atoms with Crippen LogP contribution < -0.4 is 4.90 Å². The van der Waals surface area contributed by atoms with Gasteiger partial charge in [-0.1, -0.05) is 42.5 Å². The topological polar surface area (TPSA) is 40.5 Å². The van der Waals surface area contributed by atoms with Crippen molar-refractivity contribution in [2.24, 2.45) is 5.92 Å². The molecule has 102 valence electrons. The Morgan fingerprint density at radius 3 is 2.25 bits per heavy atom. The Balaban J connectivity index is 1.82. The van der Waals surface area contributed by atoms with Crippen LogP contribution in [0.25, 0.3) is 11.1 Å². The van der Waals surface area contributed by atoms with Gasteiger partial charge in [0.25, 0.3) is 0 Å². The van der Waals surface area contributed by atoms with Crippen LogP contribution in [0.1, 0.15) is 6.42 Å². The zero-order valence-electron chi connectivity index (χ0n) is 11.2. The lowest BCUT2D eigenvalue weighted by atomic mass is 10.1. The summed E-state index contributed by atoms with van der Waals surface area (Å²) >= 11 is 0. The van der Waals surface area contributed by atoms with Crippen LogP contribution in [0.5, 0.6) is 0 Å². The molecule has 1 aliphatic rings. The highest BCUT2D eigenvalue weighted by atomic mass is 16.3. The number of amides is 1. The average molecular weight is 267 g/mol. The molecule has 2 aromatic carbocycles. The molecule has 1 N–H and O–H groups in total. The summed E-state index contributed by atoms with van der Waals surface area (Å²) < 4.78 is 0. The first kappa shape index (κ1) is 12.9. The predicted molar refractivity (Wildman–Crippen MR) is 79.4 cm³/mol. The van der Waals surface area contributed by atoms with Crippen LogP contribution in [0.15, 0.2) is 54.6 Å². The van der Waals surface area contributed by atoms with Gasteiger partial charge in [-0.05, 0) is 23.3 Å². The minimum atomic E-state index is 0.0660. The van der Waals surface area contributed by atoms with Gasteiger partial charge in [0, 0.05) is 31.2 Å². The van der Waals surface area contributed by atoms with Gasteiger partial charge in [0.05, 0.1) is 0 Å². The summed E-state index contributed by atoms with van der Waals surface area (Å²) in [6, 6.07) is 18.2. The second-order valence-corrected chi connectivity index (χ2v) is 5.17. The van der Waals surface area contributed by atoms with Gasteiger partial charge < -0.3 is 10.0 Å². The standard InChI is InChI=1S/C17H17NO2/c19-12-13-10-17(20)18(11-13)16-8-6-15(7-9-16)14-4-2-1-3-5-14/h1-9,13,19H,10-12H2. The lowest BCUT2D eigenvalue weighted by Gasteiger charge is -2.17. The molecule has 3 rings (SSSR count). The molecular weight excluding hydrogens is 250 g/mol. The molecule has 0 bridgehead atoms. The van der Waals surface area contributed by atoms with Gasteiger partial charge in [-0.25, -0.2) is 0 Å². The Morgan fingerprint density at radius 2 is 1.65 bits per heavy atom. The van der Waals surface area contributed by atoms with Crippen LogP contribution >= 0.6 is 0 Å². The first-order chi connectivity index (χ1) is 9.78. The maximum atomic E-state index is 11.9. The van der Waals surface area contributed by atoms with Crippen molar-refractivity contribution < 1.29 is 9.90 Å². The van der Waals surface area contributed by atoms with E-state index in [1.54, 1.807) is 4.90 Å². The summed E-state index contributed by atoms with van der Waals surface area (Å²) in [5.41, 5.74) is 3.21. The Labute approximate surface area is 118 Å². The van der Waals surface area contributed by atoms with Crippen LogP contribution in [0.3, 0.4) is 0 Å². The molecule has 1 fully saturated rings. The van der Waals surface area contributed by atoms with Crippen molar-refractivity contribution >= 4 is 11.6 Å². The lowest BCUT2D eigenvalue weighted by molar-refractivity contribution is -0.117. The minimum absolute atomic E-state index is 0.0660. The zero-order chi connectivity index (χ0) is 13.9. The summed E-state index contributed by atoms with van der Waals surface area (Å²) in [6.07, 6.45) is 0.441. The number of rotatable bonds is 3. The first-order valence-corrected chi connectivity index (χ1v) is 6.84. The molecule has 1 atom stereocenters. The average Bonchev–Trinajstić information content (AvgIpc) is 2.89. The molecule has 0 spiro atoms. The molecular formula is C17H17NO2. The molecule has 0 radical (unpaired) electrons. The number of aliphatic hydroxyl groups excluding tert-OH is 1. The molecule has 0 aromatic heterocycles. The Morgan fingerprint density at radius 1 is 1.00 bits per heavy atom. The highest BCUT2D eigenvalue weighted by Crippen LogP contribution is 2.27. The van der Waals surface area contributed by atoms with Crippen LogP contribution in [0, 0.1) is 5.92 Å². The number of benzene rings is 2.